The monoisotopic (exact) mass is 299 g/mol. The third-order valence-electron chi connectivity index (χ3n) is 3.41. The van der Waals surface area contributed by atoms with Crippen molar-refractivity contribution in [3.05, 3.63) is 65.7 Å². The summed E-state index contributed by atoms with van der Waals surface area (Å²) in [6.45, 7) is 1.92. The van der Waals surface area contributed by atoms with E-state index in [-0.39, 0.29) is 18.1 Å². The normalized spacial score (nSPS) is 12.6. The molecular formula is C17H17NO2S. The number of rotatable bonds is 5. The first-order chi connectivity index (χ1) is 10.0. The number of nitriles is 1. The molecule has 21 heavy (non-hydrogen) atoms. The Morgan fingerprint density at radius 1 is 1.05 bits per heavy atom. The van der Waals surface area contributed by atoms with E-state index in [4.69, 9.17) is 5.26 Å². The van der Waals surface area contributed by atoms with E-state index in [1.54, 1.807) is 24.3 Å². The summed E-state index contributed by atoms with van der Waals surface area (Å²) in [5, 5.41) is 8.96. The Hall–Kier alpha value is -2.12. The molecular weight excluding hydrogens is 282 g/mol. The number of hydrogen-bond acceptors (Lipinski definition) is 3. The van der Waals surface area contributed by atoms with Gasteiger partial charge in [-0.15, -0.1) is 0 Å². The molecule has 2 rings (SSSR count). The highest BCUT2D eigenvalue weighted by Gasteiger charge is 2.22. The summed E-state index contributed by atoms with van der Waals surface area (Å²) in [6.07, 6.45) is 0.190. The van der Waals surface area contributed by atoms with Gasteiger partial charge in [0.2, 0.25) is 0 Å². The van der Waals surface area contributed by atoms with Crippen molar-refractivity contribution in [2.45, 2.75) is 24.2 Å². The van der Waals surface area contributed by atoms with Gasteiger partial charge in [0.15, 0.2) is 9.84 Å². The Morgan fingerprint density at radius 2 is 1.67 bits per heavy atom. The highest BCUT2D eigenvalue weighted by molar-refractivity contribution is 7.91. The first-order valence-corrected chi connectivity index (χ1v) is 8.39. The fraction of sp³-hybridized carbons (Fsp3) is 0.235. The molecule has 0 bridgehead atoms. The summed E-state index contributed by atoms with van der Waals surface area (Å²) in [7, 11) is -3.40. The lowest BCUT2D eigenvalue weighted by Gasteiger charge is -2.14. The van der Waals surface area contributed by atoms with Gasteiger partial charge in [0.05, 0.1) is 16.7 Å². The van der Waals surface area contributed by atoms with Crippen LogP contribution in [0.2, 0.25) is 0 Å². The van der Waals surface area contributed by atoms with Crippen LogP contribution in [-0.2, 0) is 9.84 Å². The molecule has 2 aromatic rings. The topological polar surface area (TPSA) is 57.9 Å². The molecule has 0 aliphatic carbocycles. The third-order valence-corrected chi connectivity index (χ3v) is 5.24. The largest absolute Gasteiger partial charge is 0.224 e. The zero-order valence-corrected chi connectivity index (χ0v) is 12.7. The van der Waals surface area contributed by atoms with Gasteiger partial charge in [-0.05, 0) is 24.6 Å². The molecule has 0 aliphatic heterocycles. The van der Waals surface area contributed by atoms with Crippen molar-refractivity contribution < 1.29 is 8.42 Å². The van der Waals surface area contributed by atoms with Crippen molar-refractivity contribution in [2.24, 2.45) is 0 Å². The number of hydrogen-bond donors (Lipinski definition) is 0. The second kappa shape index (κ2) is 6.55. The summed E-state index contributed by atoms with van der Waals surface area (Å²) >= 11 is 0. The molecule has 0 radical (unpaired) electrons. The SMILES string of the molecule is Cc1ccc(S(=O)(=O)CC(CC#N)c2ccccc2)cc1. The summed E-state index contributed by atoms with van der Waals surface area (Å²) in [6, 6.07) is 18.2. The highest BCUT2D eigenvalue weighted by atomic mass is 32.2. The number of sulfone groups is 1. The molecule has 0 fully saturated rings. The van der Waals surface area contributed by atoms with Crippen LogP contribution in [0.15, 0.2) is 59.5 Å². The molecule has 0 amide bonds. The van der Waals surface area contributed by atoms with Crippen LogP contribution in [0, 0.1) is 18.3 Å². The molecule has 108 valence electrons. The zero-order valence-electron chi connectivity index (χ0n) is 11.9. The average Bonchev–Trinajstić information content (AvgIpc) is 2.48. The van der Waals surface area contributed by atoms with Crippen LogP contribution in [0.5, 0.6) is 0 Å². The maximum atomic E-state index is 12.5. The highest BCUT2D eigenvalue weighted by Crippen LogP contribution is 2.24. The summed E-state index contributed by atoms with van der Waals surface area (Å²) in [5.41, 5.74) is 1.90. The third kappa shape index (κ3) is 3.93. The smallest absolute Gasteiger partial charge is 0.179 e. The van der Waals surface area contributed by atoms with Crippen molar-refractivity contribution in [1.29, 1.82) is 5.26 Å². The Kier molecular flexibility index (Phi) is 4.77. The van der Waals surface area contributed by atoms with E-state index < -0.39 is 9.84 Å². The van der Waals surface area contributed by atoms with Crippen LogP contribution in [0.3, 0.4) is 0 Å². The second-order valence-corrected chi connectivity index (χ2v) is 7.10. The molecule has 1 atom stereocenters. The first-order valence-electron chi connectivity index (χ1n) is 6.74. The van der Waals surface area contributed by atoms with Crippen LogP contribution in [0.4, 0.5) is 0 Å². The van der Waals surface area contributed by atoms with Gasteiger partial charge in [-0.3, -0.25) is 0 Å². The molecule has 4 heteroatoms. The Bertz CT molecular complexity index is 729. The van der Waals surface area contributed by atoms with E-state index in [9.17, 15) is 8.42 Å². The van der Waals surface area contributed by atoms with Crippen molar-refractivity contribution >= 4 is 9.84 Å². The van der Waals surface area contributed by atoms with Crippen molar-refractivity contribution in [3.8, 4) is 6.07 Å². The van der Waals surface area contributed by atoms with E-state index in [0.717, 1.165) is 11.1 Å². The van der Waals surface area contributed by atoms with Crippen LogP contribution in [0.1, 0.15) is 23.5 Å². The lowest BCUT2D eigenvalue weighted by molar-refractivity contribution is 0.588. The van der Waals surface area contributed by atoms with Crippen LogP contribution in [-0.4, -0.2) is 14.2 Å². The number of benzene rings is 2. The summed E-state index contributed by atoms with van der Waals surface area (Å²) < 4.78 is 25.0. The first kappa shape index (κ1) is 15.3. The van der Waals surface area contributed by atoms with Crippen LogP contribution < -0.4 is 0 Å². The summed E-state index contributed by atoms with van der Waals surface area (Å²) in [4.78, 5) is 0.312. The van der Waals surface area contributed by atoms with Gasteiger partial charge in [0.25, 0.3) is 0 Å². The van der Waals surface area contributed by atoms with E-state index in [1.807, 2.05) is 37.3 Å². The fourth-order valence-electron chi connectivity index (χ4n) is 2.22. The van der Waals surface area contributed by atoms with Gasteiger partial charge in [0, 0.05) is 12.3 Å². The maximum Gasteiger partial charge on any atom is 0.179 e. The molecule has 0 heterocycles. The standard InChI is InChI=1S/C17H17NO2S/c1-14-7-9-17(10-8-14)21(19,20)13-16(11-12-18)15-5-3-2-4-6-15/h2-10,16H,11,13H2,1H3. The van der Waals surface area contributed by atoms with Gasteiger partial charge in [-0.25, -0.2) is 8.42 Å². The lowest BCUT2D eigenvalue weighted by atomic mass is 9.99. The fourth-order valence-corrected chi connectivity index (χ4v) is 3.80. The van der Waals surface area contributed by atoms with Gasteiger partial charge in [0.1, 0.15) is 0 Å². The molecule has 1 unspecified atom stereocenters. The Labute approximate surface area is 125 Å². The van der Waals surface area contributed by atoms with Crippen LogP contribution >= 0.6 is 0 Å². The van der Waals surface area contributed by atoms with Crippen molar-refractivity contribution in [2.75, 3.05) is 5.75 Å². The molecule has 0 saturated carbocycles. The minimum absolute atomic E-state index is 0.0480. The van der Waals surface area contributed by atoms with Gasteiger partial charge < -0.3 is 0 Å². The zero-order chi connectivity index (χ0) is 15.3. The van der Waals surface area contributed by atoms with Gasteiger partial charge in [-0.2, -0.15) is 5.26 Å². The molecule has 0 aliphatic rings. The number of nitrogens with zero attached hydrogens (tertiary/aromatic N) is 1. The molecule has 3 nitrogen and oxygen atoms in total. The predicted octanol–water partition coefficient (Wildman–Crippen LogP) is 3.47. The van der Waals surface area contributed by atoms with E-state index in [0.29, 0.717) is 4.90 Å². The van der Waals surface area contributed by atoms with Crippen molar-refractivity contribution in [3.63, 3.8) is 0 Å². The molecule has 0 saturated heterocycles. The Balaban J connectivity index is 2.28. The second-order valence-electron chi connectivity index (χ2n) is 5.06. The lowest BCUT2D eigenvalue weighted by Crippen LogP contribution is -2.15. The minimum Gasteiger partial charge on any atom is -0.224 e. The van der Waals surface area contributed by atoms with Crippen LogP contribution in [0.25, 0.3) is 0 Å². The van der Waals surface area contributed by atoms with E-state index in [2.05, 4.69) is 6.07 Å². The van der Waals surface area contributed by atoms with Crippen molar-refractivity contribution in [1.82, 2.24) is 0 Å². The van der Waals surface area contributed by atoms with E-state index in [1.165, 1.54) is 0 Å². The molecule has 0 aromatic heterocycles. The Morgan fingerprint density at radius 3 is 2.24 bits per heavy atom. The maximum absolute atomic E-state index is 12.5. The quantitative estimate of drug-likeness (QED) is 0.849. The molecule has 0 N–H and O–H groups in total. The summed E-state index contributed by atoms with van der Waals surface area (Å²) in [5.74, 6) is -0.351. The number of aryl methyl sites for hydroxylation is 1. The predicted molar refractivity (Wildman–Crippen MR) is 82.6 cm³/mol. The molecule has 0 spiro atoms. The molecule has 2 aromatic carbocycles. The van der Waals surface area contributed by atoms with E-state index >= 15 is 0 Å². The minimum atomic E-state index is -3.40. The van der Waals surface area contributed by atoms with Gasteiger partial charge in [-0.1, -0.05) is 48.0 Å². The average molecular weight is 299 g/mol. The van der Waals surface area contributed by atoms with Gasteiger partial charge >= 0.3 is 0 Å².